The molecular weight excluding hydrogens is 220 g/mol. The Kier molecular flexibility index (Phi) is 13.0. The average molecular weight is 248 g/mol. The number of carbonyl (C=O) groups is 1. The van der Waals surface area contributed by atoms with E-state index in [0.717, 1.165) is 12.8 Å². The summed E-state index contributed by atoms with van der Waals surface area (Å²) in [7, 11) is 0. The number of aliphatic carboxylic acids is 1. The first kappa shape index (κ1) is 18.7. The molecule has 0 aromatic heterocycles. The third kappa shape index (κ3) is 17.9. The van der Waals surface area contributed by atoms with Gasteiger partial charge in [0.2, 0.25) is 0 Å². The van der Waals surface area contributed by atoms with Crippen LogP contribution in [0, 0.1) is 0 Å². The van der Waals surface area contributed by atoms with Crippen LogP contribution in [-0.2, 0) is 4.79 Å². The van der Waals surface area contributed by atoms with E-state index < -0.39 is 11.6 Å². The Balaban J connectivity index is 0. The van der Waals surface area contributed by atoms with Crippen LogP contribution in [0.2, 0.25) is 0 Å². The fraction of sp³-hybridized carbons (Fsp3) is 0.917. The number of aliphatic hydroxyl groups is 1. The molecule has 0 fully saturated rings. The van der Waals surface area contributed by atoms with Gasteiger partial charge < -0.3 is 21.7 Å². The van der Waals surface area contributed by atoms with Gasteiger partial charge in [-0.05, 0) is 12.8 Å². The monoisotopic (exact) mass is 248 g/mol. The van der Waals surface area contributed by atoms with Gasteiger partial charge in [-0.25, -0.2) is 0 Å². The molecule has 5 heteroatoms. The first-order valence-electron chi connectivity index (χ1n) is 6.30. The number of nitrogens with two attached hydrogens (primary N) is 2. The van der Waals surface area contributed by atoms with Crippen molar-refractivity contribution < 1.29 is 15.0 Å². The van der Waals surface area contributed by atoms with Crippen molar-refractivity contribution in [3.63, 3.8) is 0 Å². The highest BCUT2D eigenvalue weighted by molar-refractivity contribution is 5.66. The molecule has 17 heavy (non-hydrogen) atoms. The molecular formula is C12H28N2O3. The van der Waals surface area contributed by atoms with Crippen molar-refractivity contribution in [3.8, 4) is 0 Å². The van der Waals surface area contributed by atoms with Crippen molar-refractivity contribution in [2.45, 2.75) is 64.5 Å². The SMILES string of the molecule is CCC(N)(N)CO.CCCCCCCC(=O)O. The molecule has 0 atom stereocenters. The maximum Gasteiger partial charge on any atom is 0.303 e. The van der Waals surface area contributed by atoms with Crippen LogP contribution < -0.4 is 11.5 Å². The van der Waals surface area contributed by atoms with E-state index in [1.54, 1.807) is 0 Å². The van der Waals surface area contributed by atoms with E-state index in [1.807, 2.05) is 6.92 Å². The van der Waals surface area contributed by atoms with Gasteiger partial charge in [-0.2, -0.15) is 0 Å². The standard InChI is InChI=1S/C8H16O2.C4H12N2O/c1-2-3-4-5-6-7-8(9)10;1-2-4(5,6)3-7/h2-7H2,1H3,(H,9,10);7H,2-3,5-6H2,1H3. The molecule has 0 aliphatic heterocycles. The van der Waals surface area contributed by atoms with Crippen LogP contribution in [0.25, 0.3) is 0 Å². The number of hydrogen-bond acceptors (Lipinski definition) is 4. The van der Waals surface area contributed by atoms with Crippen molar-refractivity contribution in [2.24, 2.45) is 11.5 Å². The van der Waals surface area contributed by atoms with Crippen molar-refractivity contribution in [2.75, 3.05) is 6.61 Å². The molecule has 0 aromatic carbocycles. The minimum atomic E-state index is -0.861. The molecule has 0 spiro atoms. The number of hydrogen-bond donors (Lipinski definition) is 4. The van der Waals surface area contributed by atoms with Crippen LogP contribution in [0.1, 0.15) is 58.8 Å². The number of carboxylic acid groups (broad SMARTS) is 1. The van der Waals surface area contributed by atoms with Gasteiger partial charge in [0, 0.05) is 6.42 Å². The van der Waals surface area contributed by atoms with Gasteiger partial charge in [0.15, 0.2) is 0 Å². The summed E-state index contributed by atoms with van der Waals surface area (Å²) >= 11 is 0. The Labute approximate surface area is 104 Å². The van der Waals surface area contributed by atoms with Gasteiger partial charge in [0.1, 0.15) is 0 Å². The Morgan fingerprint density at radius 2 is 1.65 bits per heavy atom. The van der Waals surface area contributed by atoms with Gasteiger partial charge in [-0.3, -0.25) is 4.79 Å². The van der Waals surface area contributed by atoms with Crippen molar-refractivity contribution >= 4 is 5.97 Å². The van der Waals surface area contributed by atoms with Gasteiger partial charge in [0.05, 0.1) is 12.3 Å². The number of aliphatic hydroxyl groups excluding tert-OH is 1. The maximum atomic E-state index is 10.0. The lowest BCUT2D eigenvalue weighted by Gasteiger charge is -2.17. The van der Waals surface area contributed by atoms with E-state index >= 15 is 0 Å². The normalized spacial score (nSPS) is 10.6. The van der Waals surface area contributed by atoms with Crippen molar-refractivity contribution in [3.05, 3.63) is 0 Å². The summed E-state index contributed by atoms with van der Waals surface area (Å²) in [5.74, 6) is -0.670. The Morgan fingerprint density at radius 3 is 1.94 bits per heavy atom. The molecule has 0 radical (unpaired) electrons. The molecule has 0 rings (SSSR count). The zero-order valence-corrected chi connectivity index (χ0v) is 11.1. The lowest BCUT2D eigenvalue weighted by atomic mass is 10.1. The first-order valence-corrected chi connectivity index (χ1v) is 6.30. The molecule has 104 valence electrons. The largest absolute Gasteiger partial charge is 0.481 e. The molecule has 0 saturated heterocycles. The minimum absolute atomic E-state index is 0.149. The summed E-state index contributed by atoms with van der Waals surface area (Å²) in [5.41, 5.74) is 9.62. The predicted molar refractivity (Wildman–Crippen MR) is 69.5 cm³/mol. The van der Waals surface area contributed by atoms with E-state index in [0.29, 0.717) is 12.8 Å². The predicted octanol–water partition coefficient (Wildman–Crippen LogP) is 1.43. The summed E-state index contributed by atoms with van der Waals surface area (Å²) in [4.78, 5) is 10.0. The quantitative estimate of drug-likeness (QED) is 0.384. The average Bonchev–Trinajstić information content (AvgIpc) is 2.29. The molecule has 0 aliphatic carbocycles. The highest BCUT2D eigenvalue weighted by atomic mass is 16.4. The number of unbranched alkanes of at least 4 members (excludes halogenated alkanes) is 4. The van der Waals surface area contributed by atoms with Gasteiger partial charge >= 0.3 is 5.97 Å². The topological polar surface area (TPSA) is 110 Å². The summed E-state index contributed by atoms with van der Waals surface area (Å²) < 4.78 is 0. The molecule has 0 aliphatic rings. The fourth-order valence-corrected chi connectivity index (χ4v) is 0.992. The Bertz CT molecular complexity index is 179. The highest BCUT2D eigenvalue weighted by Gasteiger charge is 2.12. The third-order valence-electron chi connectivity index (χ3n) is 2.45. The molecule has 5 nitrogen and oxygen atoms in total. The summed E-state index contributed by atoms with van der Waals surface area (Å²) in [5, 5.41) is 16.6. The van der Waals surface area contributed by atoms with Crippen molar-refractivity contribution in [1.82, 2.24) is 0 Å². The van der Waals surface area contributed by atoms with Crippen LogP contribution in [0.15, 0.2) is 0 Å². The van der Waals surface area contributed by atoms with Crippen LogP contribution in [0.4, 0.5) is 0 Å². The van der Waals surface area contributed by atoms with E-state index in [4.69, 9.17) is 21.7 Å². The first-order chi connectivity index (χ1) is 7.89. The van der Waals surface area contributed by atoms with Crippen LogP contribution >= 0.6 is 0 Å². The molecule has 0 saturated carbocycles. The minimum Gasteiger partial charge on any atom is -0.481 e. The second kappa shape index (κ2) is 11.8. The Hall–Kier alpha value is -0.650. The van der Waals surface area contributed by atoms with E-state index in [9.17, 15) is 4.79 Å². The molecule has 0 heterocycles. The zero-order chi connectivity index (χ0) is 13.7. The summed E-state index contributed by atoms with van der Waals surface area (Å²) in [6.45, 7) is 3.83. The lowest BCUT2D eigenvalue weighted by molar-refractivity contribution is -0.137. The molecule has 0 bridgehead atoms. The summed E-state index contributed by atoms with van der Waals surface area (Å²) in [6, 6.07) is 0. The second-order valence-corrected chi connectivity index (χ2v) is 4.30. The molecule has 0 aromatic rings. The fourth-order valence-electron chi connectivity index (χ4n) is 0.992. The highest BCUT2D eigenvalue weighted by Crippen LogP contribution is 2.04. The van der Waals surface area contributed by atoms with Gasteiger partial charge in [0.25, 0.3) is 0 Å². The second-order valence-electron chi connectivity index (χ2n) is 4.30. The number of carboxylic acids is 1. The molecule has 6 N–H and O–H groups in total. The third-order valence-corrected chi connectivity index (χ3v) is 2.45. The van der Waals surface area contributed by atoms with E-state index in [2.05, 4.69) is 6.92 Å². The van der Waals surface area contributed by atoms with Gasteiger partial charge in [-0.15, -0.1) is 0 Å². The maximum absolute atomic E-state index is 10.0. The van der Waals surface area contributed by atoms with Crippen LogP contribution in [-0.4, -0.2) is 28.5 Å². The van der Waals surface area contributed by atoms with Crippen LogP contribution in [0.3, 0.4) is 0 Å². The zero-order valence-electron chi connectivity index (χ0n) is 11.1. The molecule has 0 amide bonds. The van der Waals surface area contributed by atoms with Crippen molar-refractivity contribution in [1.29, 1.82) is 0 Å². The van der Waals surface area contributed by atoms with E-state index in [-0.39, 0.29) is 6.61 Å². The van der Waals surface area contributed by atoms with Gasteiger partial charge in [-0.1, -0.05) is 39.5 Å². The van der Waals surface area contributed by atoms with Crippen LogP contribution in [0.5, 0.6) is 0 Å². The van der Waals surface area contributed by atoms with E-state index in [1.165, 1.54) is 19.3 Å². The number of rotatable bonds is 8. The summed E-state index contributed by atoms with van der Waals surface area (Å²) in [6.07, 6.45) is 6.49. The Morgan fingerprint density at radius 1 is 1.12 bits per heavy atom. The smallest absolute Gasteiger partial charge is 0.303 e. The molecule has 0 unspecified atom stereocenters. The lowest BCUT2D eigenvalue weighted by Crippen LogP contribution is -2.51.